The van der Waals surface area contributed by atoms with Crippen molar-refractivity contribution in [1.29, 1.82) is 0 Å². The number of amides is 1. The summed E-state index contributed by atoms with van der Waals surface area (Å²) in [5.41, 5.74) is 0.841. The molecule has 0 unspecified atom stereocenters. The number of carbonyl (C=O) groups excluding carboxylic acids is 2. The Kier molecular flexibility index (Phi) is 6.94. The van der Waals surface area contributed by atoms with Crippen LogP contribution in [0.15, 0.2) is 66.9 Å². The molecule has 1 amide bonds. The molecule has 0 fully saturated rings. The van der Waals surface area contributed by atoms with Crippen molar-refractivity contribution in [3.05, 3.63) is 83.9 Å². The molecule has 0 aliphatic carbocycles. The average Bonchev–Trinajstić information content (AvgIpc) is 2.75. The largest absolute Gasteiger partial charge is 0.461 e. The molecule has 30 heavy (non-hydrogen) atoms. The van der Waals surface area contributed by atoms with Gasteiger partial charge in [-0.15, -0.1) is 0 Å². The fourth-order valence-electron chi connectivity index (χ4n) is 2.46. The number of ether oxygens (including phenoxy) is 3. The first-order valence-corrected chi connectivity index (χ1v) is 9.13. The van der Waals surface area contributed by atoms with Crippen LogP contribution in [0, 0.1) is 5.82 Å². The summed E-state index contributed by atoms with van der Waals surface area (Å²) in [6, 6.07) is 16.0. The summed E-state index contributed by atoms with van der Waals surface area (Å²) in [4.78, 5) is 27.5. The van der Waals surface area contributed by atoms with Crippen molar-refractivity contribution < 1.29 is 28.2 Å². The predicted octanol–water partition coefficient (Wildman–Crippen LogP) is 4.94. The monoisotopic (exact) mass is 410 g/mol. The molecular formula is C22H19FN2O5. The molecule has 0 aliphatic heterocycles. The van der Waals surface area contributed by atoms with Crippen LogP contribution in [-0.4, -0.2) is 23.7 Å². The number of benzene rings is 2. The van der Waals surface area contributed by atoms with Crippen molar-refractivity contribution >= 4 is 17.7 Å². The van der Waals surface area contributed by atoms with E-state index in [-0.39, 0.29) is 36.1 Å². The highest BCUT2D eigenvalue weighted by Crippen LogP contribution is 2.26. The lowest BCUT2D eigenvalue weighted by atomic mass is 10.2. The Bertz CT molecular complexity index is 1030. The van der Waals surface area contributed by atoms with Crippen molar-refractivity contribution in [3.63, 3.8) is 0 Å². The van der Waals surface area contributed by atoms with E-state index in [4.69, 9.17) is 14.2 Å². The van der Waals surface area contributed by atoms with Crippen LogP contribution in [0.5, 0.6) is 11.5 Å². The molecule has 0 bridgehead atoms. The third kappa shape index (κ3) is 5.78. The number of carbonyl (C=O) groups is 2. The fraction of sp³-hybridized carbons (Fsp3) is 0.136. The van der Waals surface area contributed by atoms with Crippen molar-refractivity contribution in [2.45, 2.75) is 13.5 Å². The maximum atomic E-state index is 14.3. The highest BCUT2D eigenvalue weighted by molar-refractivity contribution is 5.87. The Balaban J connectivity index is 1.60. The SMILES string of the molecule is CCOC(=O)c1cc(Oc2ccc(NC(=O)OCc3ccccc3)c(F)c2)ccn1. The normalized spacial score (nSPS) is 10.2. The van der Waals surface area contributed by atoms with Crippen LogP contribution in [-0.2, 0) is 16.1 Å². The molecule has 0 spiro atoms. The van der Waals surface area contributed by atoms with E-state index in [9.17, 15) is 14.0 Å². The second kappa shape index (κ2) is 10.0. The molecular weight excluding hydrogens is 391 g/mol. The van der Waals surface area contributed by atoms with Gasteiger partial charge in [-0.25, -0.2) is 19.0 Å². The molecule has 0 radical (unpaired) electrons. The third-order valence-electron chi connectivity index (χ3n) is 3.84. The maximum absolute atomic E-state index is 14.3. The predicted molar refractivity (Wildman–Crippen MR) is 107 cm³/mol. The average molecular weight is 410 g/mol. The molecule has 0 aliphatic rings. The van der Waals surface area contributed by atoms with Crippen LogP contribution in [0.2, 0.25) is 0 Å². The number of hydrogen-bond donors (Lipinski definition) is 1. The van der Waals surface area contributed by atoms with Gasteiger partial charge in [0.15, 0.2) is 11.5 Å². The van der Waals surface area contributed by atoms with Crippen LogP contribution >= 0.6 is 0 Å². The number of anilines is 1. The molecule has 3 aromatic rings. The number of halogens is 1. The third-order valence-corrected chi connectivity index (χ3v) is 3.84. The first-order chi connectivity index (χ1) is 14.5. The second-order valence-electron chi connectivity index (χ2n) is 6.03. The lowest BCUT2D eigenvalue weighted by Crippen LogP contribution is -2.14. The van der Waals surface area contributed by atoms with E-state index in [0.717, 1.165) is 11.6 Å². The molecule has 7 nitrogen and oxygen atoms in total. The number of nitrogens with zero attached hydrogens (tertiary/aromatic N) is 1. The van der Waals surface area contributed by atoms with Gasteiger partial charge in [-0.3, -0.25) is 5.32 Å². The van der Waals surface area contributed by atoms with E-state index in [0.29, 0.717) is 0 Å². The van der Waals surface area contributed by atoms with E-state index in [1.54, 1.807) is 6.92 Å². The lowest BCUT2D eigenvalue weighted by molar-refractivity contribution is 0.0519. The summed E-state index contributed by atoms with van der Waals surface area (Å²) in [5.74, 6) is -0.821. The number of pyridine rings is 1. The second-order valence-corrected chi connectivity index (χ2v) is 6.03. The van der Waals surface area contributed by atoms with Crippen molar-refractivity contribution in [1.82, 2.24) is 4.98 Å². The Labute approximate surface area is 172 Å². The molecule has 154 valence electrons. The van der Waals surface area contributed by atoms with E-state index < -0.39 is 17.9 Å². The topological polar surface area (TPSA) is 86.8 Å². The zero-order valence-corrected chi connectivity index (χ0v) is 16.1. The Morgan fingerprint density at radius 2 is 1.77 bits per heavy atom. The van der Waals surface area contributed by atoms with Crippen LogP contribution in [0.25, 0.3) is 0 Å². The molecule has 8 heteroatoms. The van der Waals surface area contributed by atoms with Gasteiger partial charge in [0, 0.05) is 18.3 Å². The molecule has 1 aromatic heterocycles. The van der Waals surface area contributed by atoms with Gasteiger partial charge in [0.1, 0.15) is 18.1 Å². The summed E-state index contributed by atoms with van der Waals surface area (Å²) >= 11 is 0. The van der Waals surface area contributed by atoms with Gasteiger partial charge in [-0.05, 0) is 30.7 Å². The lowest BCUT2D eigenvalue weighted by Gasteiger charge is -2.10. The maximum Gasteiger partial charge on any atom is 0.412 e. The van der Waals surface area contributed by atoms with Gasteiger partial charge in [0.25, 0.3) is 0 Å². The number of esters is 1. The summed E-state index contributed by atoms with van der Waals surface area (Å²) in [5, 5.41) is 2.35. The molecule has 3 rings (SSSR count). The Morgan fingerprint density at radius 3 is 2.50 bits per heavy atom. The first kappa shape index (κ1) is 20.8. The molecule has 0 saturated heterocycles. The van der Waals surface area contributed by atoms with E-state index in [2.05, 4.69) is 10.3 Å². The van der Waals surface area contributed by atoms with Crippen LogP contribution in [0.3, 0.4) is 0 Å². The highest BCUT2D eigenvalue weighted by atomic mass is 19.1. The number of hydrogen-bond acceptors (Lipinski definition) is 6. The van der Waals surface area contributed by atoms with E-state index in [1.807, 2.05) is 30.3 Å². The van der Waals surface area contributed by atoms with Gasteiger partial charge >= 0.3 is 12.1 Å². The van der Waals surface area contributed by atoms with E-state index >= 15 is 0 Å². The summed E-state index contributed by atoms with van der Waals surface area (Å²) < 4.78 is 29.9. The standard InChI is InChI=1S/C22H19FN2O5/c1-2-28-21(26)20-13-17(10-11-24-20)30-16-8-9-19(18(23)12-16)25-22(27)29-14-15-6-4-3-5-7-15/h3-13H,2,14H2,1H3,(H,25,27). The fourth-order valence-corrected chi connectivity index (χ4v) is 2.46. The van der Waals surface area contributed by atoms with Gasteiger partial charge in [-0.2, -0.15) is 0 Å². The minimum absolute atomic E-state index is 0.0534. The van der Waals surface area contributed by atoms with Gasteiger partial charge in [0.05, 0.1) is 12.3 Å². The molecule has 0 atom stereocenters. The molecule has 1 N–H and O–H groups in total. The molecule has 2 aromatic carbocycles. The molecule has 0 saturated carbocycles. The van der Waals surface area contributed by atoms with Crippen LogP contribution < -0.4 is 10.1 Å². The smallest absolute Gasteiger partial charge is 0.412 e. The summed E-state index contributed by atoms with van der Waals surface area (Å²) in [6.07, 6.45) is 0.607. The van der Waals surface area contributed by atoms with Crippen molar-refractivity contribution in [2.24, 2.45) is 0 Å². The number of rotatable bonds is 7. The highest BCUT2D eigenvalue weighted by Gasteiger charge is 2.12. The van der Waals surface area contributed by atoms with E-state index in [1.165, 1.54) is 30.5 Å². The summed E-state index contributed by atoms with van der Waals surface area (Å²) in [7, 11) is 0. The quantitative estimate of drug-likeness (QED) is 0.555. The van der Waals surface area contributed by atoms with Gasteiger partial charge in [-0.1, -0.05) is 30.3 Å². The van der Waals surface area contributed by atoms with Gasteiger partial charge < -0.3 is 14.2 Å². The van der Waals surface area contributed by atoms with Crippen molar-refractivity contribution in [3.8, 4) is 11.5 Å². The number of aromatic nitrogens is 1. The van der Waals surface area contributed by atoms with Crippen LogP contribution in [0.4, 0.5) is 14.9 Å². The zero-order valence-electron chi connectivity index (χ0n) is 16.1. The Morgan fingerprint density at radius 1 is 1.00 bits per heavy atom. The van der Waals surface area contributed by atoms with Gasteiger partial charge in [0.2, 0.25) is 0 Å². The molecule has 1 heterocycles. The first-order valence-electron chi connectivity index (χ1n) is 9.13. The zero-order chi connectivity index (χ0) is 21.3. The minimum atomic E-state index is -0.778. The minimum Gasteiger partial charge on any atom is -0.461 e. The van der Waals surface area contributed by atoms with Crippen LogP contribution in [0.1, 0.15) is 23.0 Å². The Hall–Kier alpha value is -3.94. The number of nitrogens with one attached hydrogen (secondary N) is 1. The summed E-state index contributed by atoms with van der Waals surface area (Å²) in [6.45, 7) is 1.98. The van der Waals surface area contributed by atoms with Crippen molar-refractivity contribution in [2.75, 3.05) is 11.9 Å².